The average molecular weight is 268 g/mol. The molecule has 94 valence electrons. The number of halogens is 2. The van der Waals surface area contributed by atoms with Crippen LogP contribution in [0.2, 0.25) is 0 Å². The van der Waals surface area contributed by atoms with Crippen LogP contribution in [0.1, 0.15) is 28.9 Å². The first kappa shape index (κ1) is 12.6. The van der Waals surface area contributed by atoms with Crippen LogP contribution in [0.5, 0.6) is 0 Å². The van der Waals surface area contributed by atoms with Gasteiger partial charge in [-0.2, -0.15) is 15.7 Å². The Morgan fingerprint density at radius 3 is 2.89 bits per heavy atom. The number of carbonyl (C=O) groups excluding carboxylic acids is 1. The number of rotatable bonds is 3. The molecule has 0 bridgehead atoms. The van der Waals surface area contributed by atoms with E-state index in [4.69, 9.17) is 0 Å². The molecule has 0 saturated heterocycles. The summed E-state index contributed by atoms with van der Waals surface area (Å²) < 4.78 is 26.2. The van der Waals surface area contributed by atoms with Gasteiger partial charge in [-0.3, -0.25) is 4.79 Å². The Kier molecular flexibility index (Phi) is 3.66. The Hall–Kier alpha value is -1.82. The number of pyridine rings is 1. The second-order valence-electron chi connectivity index (χ2n) is 3.72. The summed E-state index contributed by atoms with van der Waals surface area (Å²) >= 11 is 1.50. The van der Waals surface area contributed by atoms with E-state index in [0.717, 1.165) is 17.8 Å². The number of nitrogens with one attached hydrogen (secondary N) is 1. The third kappa shape index (κ3) is 2.53. The van der Waals surface area contributed by atoms with Crippen LogP contribution in [0.4, 0.5) is 8.78 Å². The lowest BCUT2D eigenvalue weighted by atomic mass is 10.1. The summed E-state index contributed by atoms with van der Waals surface area (Å²) in [6, 6.07) is 2.74. The highest BCUT2D eigenvalue weighted by Gasteiger charge is 2.18. The predicted octanol–water partition coefficient (Wildman–Crippen LogP) is 2.91. The first-order valence-electron chi connectivity index (χ1n) is 5.22. The van der Waals surface area contributed by atoms with E-state index in [9.17, 15) is 13.6 Å². The molecule has 2 rings (SSSR count). The Morgan fingerprint density at radius 1 is 1.44 bits per heavy atom. The van der Waals surface area contributed by atoms with Crippen LogP contribution in [0.15, 0.2) is 29.1 Å². The van der Waals surface area contributed by atoms with Gasteiger partial charge in [-0.1, -0.05) is 0 Å². The van der Waals surface area contributed by atoms with Gasteiger partial charge in [-0.15, -0.1) is 0 Å². The number of aromatic nitrogens is 1. The fraction of sp³-hybridized carbons (Fsp3) is 0.167. The summed E-state index contributed by atoms with van der Waals surface area (Å²) in [6.07, 6.45) is 1.06. The second kappa shape index (κ2) is 5.22. The van der Waals surface area contributed by atoms with E-state index in [1.165, 1.54) is 11.3 Å². The highest BCUT2D eigenvalue weighted by atomic mass is 32.1. The number of hydrogen-bond acceptors (Lipinski definition) is 3. The van der Waals surface area contributed by atoms with E-state index in [-0.39, 0.29) is 11.6 Å². The Balaban J connectivity index is 2.15. The molecule has 0 saturated carbocycles. The number of hydrogen-bond donors (Lipinski definition) is 1. The molecule has 0 aliphatic carbocycles. The molecule has 2 aromatic heterocycles. The molecule has 3 nitrogen and oxygen atoms in total. The Morgan fingerprint density at radius 2 is 2.22 bits per heavy atom. The molecule has 0 radical (unpaired) electrons. The maximum atomic E-state index is 13.3. The minimum Gasteiger partial charge on any atom is -0.345 e. The van der Waals surface area contributed by atoms with Crippen molar-refractivity contribution in [3.05, 3.63) is 52.0 Å². The lowest BCUT2D eigenvalue weighted by Gasteiger charge is -2.12. The highest BCUT2D eigenvalue weighted by Crippen LogP contribution is 2.17. The van der Waals surface area contributed by atoms with Gasteiger partial charge in [0.2, 0.25) is 5.95 Å². The van der Waals surface area contributed by atoms with Gasteiger partial charge in [0.25, 0.3) is 5.91 Å². The van der Waals surface area contributed by atoms with Crippen molar-refractivity contribution in [1.29, 1.82) is 0 Å². The molecule has 2 aromatic rings. The summed E-state index contributed by atoms with van der Waals surface area (Å²) in [5.74, 6) is -3.16. The van der Waals surface area contributed by atoms with Crippen LogP contribution < -0.4 is 5.32 Å². The maximum Gasteiger partial charge on any atom is 0.254 e. The molecule has 6 heteroatoms. The van der Waals surface area contributed by atoms with E-state index < -0.39 is 17.7 Å². The monoisotopic (exact) mass is 268 g/mol. The van der Waals surface area contributed by atoms with E-state index in [0.29, 0.717) is 0 Å². The first-order chi connectivity index (χ1) is 8.59. The van der Waals surface area contributed by atoms with Gasteiger partial charge < -0.3 is 5.32 Å². The molecule has 2 heterocycles. The van der Waals surface area contributed by atoms with E-state index in [1.807, 2.05) is 16.8 Å². The van der Waals surface area contributed by atoms with Gasteiger partial charge >= 0.3 is 0 Å². The van der Waals surface area contributed by atoms with Crippen molar-refractivity contribution in [2.24, 2.45) is 0 Å². The minimum atomic E-state index is -1.27. The van der Waals surface area contributed by atoms with Crippen molar-refractivity contribution < 1.29 is 13.6 Å². The van der Waals surface area contributed by atoms with Gasteiger partial charge in [0, 0.05) is 6.20 Å². The van der Waals surface area contributed by atoms with Crippen LogP contribution in [0.3, 0.4) is 0 Å². The largest absolute Gasteiger partial charge is 0.345 e. The Labute approximate surface area is 106 Å². The average Bonchev–Trinajstić information content (AvgIpc) is 2.86. The maximum absolute atomic E-state index is 13.3. The highest BCUT2D eigenvalue weighted by molar-refractivity contribution is 7.07. The van der Waals surface area contributed by atoms with Crippen LogP contribution in [0.25, 0.3) is 0 Å². The number of amides is 1. The van der Waals surface area contributed by atoms with Gasteiger partial charge in [0.05, 0.1) is 11.6 Å². The fourth-order valence-corrected chi connectivity index (χ4v) is 2.23. The van der Waals surface area contributed by atoms with Crippen molar-refractivity contribution in [2.45, 2.75) is 13.0 Å². The molecule has 0 spiro atoms. The Bertz CT molecular complexity index is 557. The summed E-state index contributed by atoms with van der Waals surface area (Å²) in [5, 5.41) is 6.36. The van der Waals surface area contributed by atoms with Crippen molar-refractivity contribution in [3.63, 3.8) is 0 Å². The zero-order valence-electron chi connectivity index (χ0n) is 9.48. The van der Waals surface area contributed by atoms with Crippen LogP contribution >= 0.6 is 11.3 Å². The third-order valence-corrected chi connectivity index (χ3v) is 3.18. The molecular formula is C12H10F2N2OS. The molecule has 0 fully saturated rings. The molecule has 18 heavy (non-hydrogen) atoms. The number of thiophene rings is 1. The lowest BCUT2D eigenvalue weighted by molar-refractivity contribution is 0.0934. The molecule has 0 aliphatic heterocycles. The normalized spacial score (nSPS) is 12.2. The van der Waals surface area contributed by atoms with Gasteiger partial charge in [-0.25, -0.2) is 9.37 Å². The SMILES string of the molecule is CC(NC(=O)c1ccnc(F)c1F)c1ccsc1. The molecule has 1 unspecified atom stereocenters. The molecule has 0 aliphatic rings. The summed E-state index contributed by atoms with van der Waals surface area (Å²) in [6.45, 7) is 1.77. The van der Waals surface area contributed by atoms with Crippen molar-refractivity contribution in [3.8, 4) is 0 Å². The zero-order chi connectivity index (χ0) is 13.1. The molecule has 1 atom stereocenters. The third-order valence-electron chi connectivity index (χ3n) is 2.48. The van der Waals surface area contributed by atoms with E-state index in [1.54, 1.807) is 6.92 Å². The molecule has 1 N–H and O–H groups in total. The van der Waals surface area contributed by atoms with E-state index >= 15 is 0 Å². The topological polar surface area (TPSA) is 42.0 Å². The lowest BCUT2D eigenvalue weighted by Crippen LogP contribution is -2.27. The van der Waals surface area contributed by atoms with Crippen molar-refractivity contribution >= 4 is 17.2 Å². The quantitative estimate of drug-likeness (QED) is 0.870. The summed E-state index contributed by atoms with van der Waals surface area (Å²) in [7, 11) is 0. The number of carbonyl (C=O) groups is 1. The molecular weight excluding hydrogens is 258 g/mol. The van der Waals surface area contributed by atoms with Crippen molar-refractivity contribution in [1.82, 2.24) is 10.3 Å². The molecule has 0 aromatic carbocycles. The van der Waals surface area contributed by atoms with E-state index in [2.05, 4.69) is 10.3 Å². The van der Waals surface area contributed by atoms with Gasteiger partial charge in [-0.05, 0) is 35.4 Å². The van der Waals surface area contributed by atoms with Crippen molar-refractivity contribution in [2.75, 3.05) is 0 Å². The van der Waals surface area contributed by atoms with Gasteiger partial charge in [0.15, 0.2) is 5.82 Å². The smallest absolute Gasteiger partial charge is 0.254 e. The summed E-state index contributed by atoms with van der Waals surface area (Å²) in [4.78, 5) is 14.9. The van der Waals surface area contributed by atoms with Crippen LogP contribution in [0, 0.1) is 11.8 Å². The second-order valence-corrected chi connectivity index (χ2v) is 4.50. The fourth-order valence-electron chi connectivity index (χ4n) is 1.47. The summed E-state index contributed by atoms with van der Waals surface area (Å²) in [5.41, 5.74) is 0.577. The number of nitrogens with zero attached hydrogens (tertiary/aromatic N) is 1. The predicted molar refractivity (Wildman–Crippen MR) is 64.4 cm³/mol. The standard InChI is InChI=1S/C12H10F2N2OS/c1-7(8-3-5-18-6-8)16-12(17)9-2-4-15-11(14)10(9)13/h2-7H,1H3,(H,16,17). The zero-order valence-corrected chi connectivity index (χ0v) is 10.3. The van der Waals surface area contributed by atoms with Gasteiger partial charge in [0.1, 0.15) is 0 Å². The van der Waals surface area contributed by atoms with Crippen LogP contribution in [-0.2, 0) is 0 Å². The van der Waals surface area contributed by atoms with Crippen LogP contribution in [-0.4, -0.2) is 10.9 Å². The first-order valence-corrected chi connectivity index (χ1v) is 6.17. The minimum absolute atomic E-state index is 0.264. The molecule has 1 amide bonds.